The number of imidazole rings is 1. The minimum Gasteiger partial charge on any atom is -0.291 e. The third-order valence-corrected chi connectivity index (χ3v) is 15.9. The highest BCUT2D eigenvalue weighted by molar-refractivity contribution is 7.16. The van der Waals surface area contributed by atoms with Crippen LogP contribution in [0, 0.1) is 6.33 Å². The zero-order valence-electron chi connectivity index (χ0n) is 32.3. The zero-order valence-corrected chi connectivity index (χ0v) is 33.3. The summed E-state index contributed by atoms with van der Waals surface area (Å²) in [4.78, 5) is 0. The van der Waals surface area contributed by atoms with Gasteiger partial charge in [0.15, 0.2) is 8.07 Å². The maximum Gasteiger partial charge on any atom is 0.269 e. The molecule has 7 rings (SSSR count). The molecule has 0 radical (unpaired) electrons. The van der Waals surface area contributed by atoms with E-state index in [4.69, 9.17) is 0 Å². The third-order valence-electron chi connectivity index (χ3n) is 11.1. The molecule has 1 aromatic heterocycles. The first-order valence-corrected chi connectivity index (χ1v) is 21.4. The van der Waals surface area contributed by atoms with Gasteiger partial charge in [0.2, 0.25) is 0 Å². The van der Waals surface area contributed by atoms with Crippen molar-refractivity contribution in [3.8, 4) is 11.4 Å². The summed E-state index contributed by atoms with van der Waals surface area (Å²) in [7, 11) is -2.72. The van der Waals surface area contributed by atoms with Gasteiger partial charge in [-0.3, -0.25) is 9.13 Å². The van der Waals surface area contributed by atoms with Crippen LogP contribution in [0.15, 0.2) is 139 Å². The van der Waals surface area contributed by atoms with Crippen LogP contribution in [0.1, 0.15) is 114 Å². The molecule has 6 aromatic rings. The molecule has 2 nitrogen and oxygen atoms in total. The highest BCUT2D eigenvalue weighted by Gasteiger charge is 2.42. The molecule has 52 heavy (non-hydrogen) atoms. The Morgan fingerprint density at radius 3 is 1.56 bits per heavy atom. The molecule has 1 heterocycles. The predicted octanol–water partition coefficient (Wildman–Crippen LogP) is 10.5. The molecule has 0 unspecified atom stereocenters. The molecule has 0 spiro atoms. The minimum absolute atomic E-state index is 0.352. The molecule has 0 N–H and O–H groups in total. The minimum atomic E-state index is -2.72. The molecule has 1 aliphatic rings. The SMILES string of the molecule is CC(C)c1cccc(C(C)C)c1-n1[c-][n+](-c2c(C(C)C)cccc2C(C)C)c2ccc([Si](C3=CCCC=C3)(c3ccccc3)c3ccccc3)cc21. The summed E-state index contributed by atoms with van der Waals surface area (Å²) in [6.07, 6.45) is 13.6. The summed E-state index contributed by atoms with van der Waals surface area (Å²) in [6, 6.07) is 43.9. The van der Waals surface area contributed by atoms with E-state index in [0.29, 0.717) is 23.7 Å². The van der Waals surface area contributed by atoms with Crippen molar-refractivity contribution in [1.29, 1.82) is 0 Å². The fourth-order valence-electron chi connectivity index (χ4n) is 8.48. The Bertz CT molecular complexity index is 2160. The van der Waals surface area contributed by atoms with Gasteiger partial charge >= 0.3 is 0 Å². The second-order valence-corrected chi connectivity index (χ2v) is 19.6. The Morgan fingerprint density at radius 1 is 0.558 bits per heavy atom. The normalized spacial score (nSPS) is 13.6. The van der Waals surface area contributed by atoms with Crippen molar-refractivity contribution in [3.05, 3.63) is 167 Å². The standard InChI is InChI=1S/C49H54N2Si/c1-34(2)42-26-18-27-43(35(3)4)48(42)50-33-51(49-44(36(5)6)28-19-29-45(49)37(7)8)47-32-41(30-31-46(47)50)52(38-20-12-9-13-21-38,39-22-14-10-15-23-39)40-24-16-11-17-25-40/h9-10,12-16,18-32,34-37H,11,17H2,1-8H3. The Balaban J connectivity index is 1.66. The lowest BCUT2D eigenvalue weighted by molar-refractivity contribution is -0.573. The number of fused-ring (bicyclic) bond motifs is 1. The van der Waals surface area contributed by atoms with Gasteiger partial charge < -0.3 is 0 Å². The summed E-state index contributed by atoms with van der Waals surface area (Å²) in [6.45, 7) is 18.6. The van der Waals surface area contributed by atoms with E-state index in [9.17, 15) is 0 Å². The van der Waals surface area contributed by atoms with Gasteiger partial charge in [-0.05, 0) is 79.5 Å². The average Bonchev–Trinajstić information content (AvgIpc) is 3.54. The third kappa shape index (κ3) is 6.13. The van der Waals surface area contributed by atoms with Gasteiger partial charge in [0.1, 0.15) is 0 Å². The van der Waals surface area contributed by atoms with E-state index in [1.54, 1.807) is 0 Å². The van der Waals surface area contributed by atoms with Gasteiger partial charge in [-0.15, -0.1) is 0 Å². The summed E-state index contributed by atoms with van der Waals surface area (Å²) in [5.74, 6) is 1.43. The van der Waals surface area contributed by atoms with Crippen LogP contribution >= 0.6 is 0 Å². The molecule has 264 valence electrons. The Morgan fingerprint density at radius 2 is 1.08 bits per heavy atom. The Kier molecular flexibility index (Phi) is 10.1. The van der Waals surface area contributed by atoms with Crippen LogP contribution in [0.2, 0.25) is 0 Å². The molecule has 0 fully saturated rings. The monoisotopic (exact) mass is 698 g/mol. The molecule has 3 heteroatoms. The van der Waals surface area contributed by atoms with Crippen LogP contribution in [-0.2, 0) is 0 Å². The van der Waals surface area contributed by atoms with Gasteiger partial charge in [-0.1, -0.05) is 189 Å². The maximum absolute atomic E-state index is 4.06. The van der Waals surface area contributed by atoms with Crippen LogP contribution in [0.3, 0.4) is 0 Å². The molecular weight excluding hydrogens is 645 g/mol. The van der Waals surface area contributed by atoms with E-state index in [1.165, 1.54) is 65.4 Å². The largest absolute Gasteiger partial charge is 0.291 e. The van der Waals surface area contributed by atoms with E-state index < -0.39 is 8.07 Å². The van der Waals surface area contributed by atoms with E-state index in [2.05, 4.69) is 204 Å². The number of hydrogen-bond donors (Lipinski definition) is 0. The molecule has 5 aromatic carbocycles. The van der Waals surface area contributed by atoms with Gasteiger partial charge in [-0.2, -0.15) is 0 Å². The van der Waals surface area contributed by atoms with E-state index >= 15 is 0 Å². The van der Waals surface area contributed by atoms with E-state index in [1.807, 2.05) is 0 Å². The van der Waals surface area contributed by atoms with Crippen molar-refractivity contribution in [2.75, 3.05) is 0 Å². The molecule has 0 saturated carbocycles. The first-order chi connectivity index (χ1) is 25.1. The molecule has 0 saturated heterocycles. The van der Waals surface area contributed by atoms with Crippen molar-refractivity contribution < 1.29 is 4.57 Å². The second-order valence-electron chi connectivity index (χ2n) is 15.8. The zero-order chi connectivity index (χ0) is 36.6. The maximum atomic E-state index is 4.06. The quantitative estimate of drug-likeness (QED) is 0.0583. The lowest BCUT2D eigenvalue weighted by atomic mass is 9.92. The highest BCUT2D eigenvalue weighted by atomic mass is 28.3. The topological polar surface area (TPSA) is 8.81 Å². The highest BCUT2D eigenvalue weighted by Crippen LogP contribution is 2.35. The van der Waals surface area contributed by atoms with Crippen molar-refractivity contribution in [3.63, 3.8) is 0 Å². The van der Waals surface area contributed by atoms with Crippen molar-refractivity contribution in [2.45, 2.75) is 91.9 Å². The van der Waals surface area contributed by atoms with Crippen LogP contribution < -0.4 is 20.1 Å². The van der Waals surface area contributed by atoms with Gasteiger partial charge in [0.25, 0.3) is 6.33 Å². The lowest BCUT2D eigenvalue weighted by Crippen LogP contribution is -2.68. The average molecular weight is 699 g/mol. The first kappa shape index (κ1) is 35.7. The fourth-order valence-corrected chi connectivity index (χ4v) is 13.4. The fraction of sp³-hybridized carbons (Fsp3) is 0.286. The lowest BCUT2D eigenvalue weighted by Gasteiger charge is -2.36. The molecule has 0 amide bonds. The Labute approximate surface area is 313 Å². The van der Waals surface area contributed by atoms with Crippen molar-refractivity contribution >= 4 is 34.7 Å². The molecule has 1 aliphatic carbocycles. The van der Waals surface area contributed by atoms with Crippen LogP contribution in [-0.4, -0.2) is 12.6 Å². The number of aromatic nitrogens is 2. The first-order valence-electron chi connectivity index (χ1n) is 19.4. The summed E-state index contributed by atoms with van der Waals surface area (Å²) in [5.41, 5.74) is 10.3. The number of hydrogen-bond acceptors (Lipinski definition) is 0. The van der Waals surface area contributed by atoms with Crippen LogP contribution in [0.25, 0.3) is 22.4 Å². The van der Waals surface area contributed by atoms with E-state index in [-0.39, 0.29) is 0 Å². The number of nitrogens with zero attached hydrogens (tertiary/aromatic N) is 2. The Hall–Kier alpha value is -4.73. The summed E-state index contributed by atoms with van der Waals surface area (Å²) >= 11 is 0. The van der Waals surface area contributed by atoms with Gasteiger partial charge in [0, 0.05) is 0 Å². The number of rotatable bonds is 10. The van der Waals surface area contributed by atoms with Crippen LogP contribution in [0.5, 0.6) is 0 Å². The summed E-state index contributed by atoms with van der Waals surface area (Å²) < 4.78 is 4.84. The number of para-hydroxylation sites is 2. The molecule has 0 aliphatic heterocycles. The molecular formula is C49H54N2Si. The van der Waals surface area contributed by atoms with Gasteiger partial charge in [-0.25, -0.2) is 0 Å². The molecule has 0 atom stereocenters. The van der Waals surface area contributed by atoms with Crippen molar-refractivity contribution in [2.24, 2.45) is 0 Å². The van der Waals surface area contributed by atoms with Crippen molar-refractivity contribution in [1.82, 2.24) is 4.57 Å². The number of benzene rings is 5. The summed E-state index contributed by atoms with van der Waals surface area (Å²) in [5, 5.41) is 5.67. The van der Waals surface area contributed by atoms with Crippen LogP contribution in [0.4, 0.5) is 0 Å². The predicted molar refractivity (Wildman–Crippen MR) is 224 cm³/mol. The number of allylic oxidation sites excluding steroid dienone is 4. The smallest absolute Gasteiger partial charge is 0.269 e. The second kappa shape index (κ2) is 14.7. The van der Waals surface area contributed by atoms with E-state index in [0.717, 1.165) is 12.8 Å². The molecule has 0 bridgehead atoms. The van der Waals surface area contributed by atoms with Gasteiger partial charge in [0.05, 0.1) is 22.4 Å².